The second kappa shape index (κ2) is 7.37. The average Bonchev–Trinajstić information content (AvgIpc) is 2.52. The van der Waals surface area contributed by atoms with Gasteiger partial charge in [0, 0.05) is 5.56 Å². The van der Waals surface area contributed by atoms with E-state index in [1.165, 1.54) is 5.56 Å². The lowest BCUT2D eigenvalue weighted by Gasteiger charge is -2.12. The first-order valence-electron chi connectivity index (χ1n) is 6.79. The molecule has 2 aromatic carbocycles. The lowest BCUT2D eigenvalue weighted by atomic mass is 10.1. The largest absolute Gasteiger partial charge is 0.496 e. The number of para-hydroxylation sites is 1. The van der Waals surface area contributed by atoms with Crippen molar-refractivity contribution in [3.8, 4) is 23.3 Å². The maximum Gasteiger partial charge on any atom is 0.135 e. The van der Waals surface area contributed by atoms with Gasteiger partial charge < -0.3 is 15.2 Å². The molecule has 0 saturated carbocycles. The van der Waals surface area contributed by atoms with Gasteiger partial charge in [0.05, 0.1) is 19.2 Å². The van der Waals surface area contributed by atoms with Crippen molar-refractivity contribution in [2.75, 3.05) is 13.7 Å². The zero-order valence-electron chi connectivity index (χ0n) is 12.3. The molecule has 0 fully saturated rings. The average molecular weight is 281 g/mol. The van der Waals surface area contributed by atoms with Gasteiger partial charge in [-0.25, -0.2) is 0 Å². The summed E-state index contributed by atoms with van der Waals surface area (Å²) in [6.45, 7) is 2.82. The first kappa shape index (κ1) is 15.0. The predicted octanol–water partition coefficient (Wildman–Crippen LogP) is 2.89. The number of rotatable bonds is 4. The second-order valence-corrected chi connectivity index (χ2v) is 4.61. The summed E-state index contributed by atoms with van der Waals surface area (Å²) in [6.07, 6.45) is 0. The van der Waals surface area contributed by atoms with Crippen LogP contribution in [0, 0.1) is 18.8 Å². The minimum Gasteiger partial charge on any atom is -0.496 e. The van der Waals surface area contributed by atoms with Crippen molar-refractivity contribution in [2.24, 2.45) is 5.73 Å². The van der Waals surface area contributed by atoms with E-state index in [2.05, 4.69) is 17.9 Å². The van der Waals surface area contributed by atoms with E-state index in [0.29, 0.717) is 13.2 Å². The summed E-state index contributed by atoms with van der Waals surface area (Å²) in [5.41, 5.74) is 8.44. The van der Waals surface area contributed by atoms with E-state index < -0.39 is 0 Å². The number of hydrogen-bond donors (Lipinski definition) is 1. The second-order valence-electron chi connectivity index (χ2n) is 4.61. The summed E-state index contributed by atoms with van der Waals surface area (Å²) in [7, 11) is 1.66. The molecule has 2 N–H and O–H groups in total. The third-order valence-electron chi connectivity index (χ3n) is 3.03. The van der Waals surface area contributed by atoms with Gasteiger partial charge in [-0.3, -0.25) is 0 Å². The molecule has 0 aliphatic carbocycles. The fourth-order valence-corrected chi connectivity index (χ4v) is 2.02. The lowest BCUT2D eigenvalue weighted by molar-refractivity contribution is 0.296. The molecule has 0 aliphatic heterocycles. The molecule has 0 heterocycles. The molecule has 3 nitrogen and oxygen atoms in total. The van der Waals surface area contributed by atoms with Crippen LogP contribution in [0.1, 0.15) is 16.7 Å². The van der Waals surface area contributed by atoms with E-state index in [0.717, 1.165) is 22.6 Å². The van der Waals surface area contributed by atoms with Crippen molar-refractivity contribution >= 4 is 0 Å². The predicted molar refractivity (Wildman–Crippen MR) is 84.4 cm³/mol. The molecular formula is C18H19NO2. The van der Waals surface area contributed by atoms with Crippen LogP contribution in [0.4, 0.5) is 0 Å². The Morgan fingerprint density at radius 1 is 1.10 bits per heavy atom. The molecule has 108 valence electrons. The Morgan fingerprint density at radius 3 is 2.67 bits per heavy atom. The van der Waals surface area contributed by atoms with Crippen molar-refractivity contribution in [1.82, 2.24) is 0 Å². The van der Waals surface area contributed by atoms with Gasteiger partial charge in [-0.2, -0.15) is 0 Å². The maximum absolute atomic E-state index is 5.89. The highest BCUT2D eigenvalue weighted by Gasteiger charge is 2.06. The highest BCUT2D eigenvalue weighted by Crippen LogP contribution is 2.23. The van der Waals surface area contributed by atoms with Gasteiger partial charge in [-0.05, 0) is 31.2 Å². The SMILES string of the molecule is COc1ccc(C)cc1COc1ccccc1C#CCN. The minimum absolute atomic E-state index is 0.333. The molecule has 0 bridgehead atoms. The summed E-state index contributed by atoms with van der Waals surface area (Å²) in [5.74, 6) is 7.44. The summed E-state index contributed by atoms with van der Waals surface area (Å²) >= 11 is 0. The molecule has 0 amide bonds. The van der Waals surface area contributed by atoms with Crippen LogP contribution in [-0.4, -0.2) is 13.7 Å². The number of ether oxygens (including phenoxy) is 2. The molecule has 0 atom stereocenters. The molecule has 0 saturated heterocycles. The lowest BCUT2D eigenvalue weighted by Crippen LogP contribution is -2.00. The van der Waals surface area contributed by atoms with Gasteiger partial charge in [-0.15, -0.1) is 0 Å². The smallest absolute Gasteiger partial charge is 0.135 e. The van der Waals surface area contributed by atoms with Crippen LogP contribution in [0.5, 0.6) is 11.5 Å². The third kappa shape index (κ3) is 4.01. The number of benzene rings is 2. The van der Waals surface area contributed by atoms with E-state index in [4.69, 9.17) is 15.2 Å². The molecule has 2 aromatic rings. The van der Waals surface area contributed by atoms with Crippen LogP contribution in [0.15, 0.2) is 42.5 Å². The summed E-state index contributed by atoms with van der Waals surface area (Å²) in [4.78, 5) is 0. The van der Waals surface area contributed by atoms with Crippen LogP contribution in [0.3, 0.4) is 0 Å². The first-order chi connectivity index (χ1) is 10.2. The highest BCUT2D eigenvalue weighted by molar-refractivity contribution is 5.46. The van der Waals surface area contributed by atoms with Crippen molar-refractivity contribution in [1.29, 1.82) is 0 Å². The van der Waals surface area contributed by atoms with Crippen LogP contribution >= 0.6 is 0 Å². The Morgan fingerprint density at radius 2 is 1.90 bits per heavy atom. The summed E-state index contributed by atoms with van der Waals surface area (Å²) in [5, 5.41) is 0. The molecular weight excluding hydrogens is 262 g/mol. The van der Waals surface area contributed by atoms with Gasteiger partial charge in [0.15, 0.2) is 0 Å². The van der Waals surface area contributed by atoms with Gasteiger partial charge >= 0.3 is 0 Å². The normalized spacial score (nSPS) is 9.67. The van der Waals surface area contributed by atoms with E-state index in [9.17, 15) is 0 Å². The number of hydrogen-bond acceptors (Lipinski definition) is 3. The fourth-order valence-electron chi connectivity index (χ4n) is 2.02. The standard InChI is InChI=1S/C18H19NO2/c1-14-9-10-17(20-2)16(12-14)13-21-18-8-4-3-6-15(18)7-5-11-19/h3-4,6,8-10,12H,11,13,19H2,1-2H3. The van der Waals surface area contributed by atoms with E-state index in [-0.39, 0.29) is 0 Å². The topological polar surface area (TPSA) is 44.5 Å². The van der Waals surface area contributed by atoms with Crippen LogP contribution < -0.4 is 15.2 Å². The van der Waals surface area contributed by atoms with Crippen LogP contribution in [0.2, 0.25) is 0 Å². The zero-order chi connectivity index (χ0) is 15.1. The van der Waals surface area contributed by atoms with Gasteiger partial charge in [0.25, 0.3) is 0 Å². The monoisotopic (exact) mass is 281 g/mol. The van der Waals surface area contributed by atoms with Crippen molar-refractivity contribution in [3.05, 3.63) is 59.2 Å². The molecule has 3 heteroatoms. The van der Waals surface area contributed by atoms with Crippen LogP contribution in [-0.2, 0) is 6.61 Å². The fraction of sp³-hybridized carbons (Fsp3) is 0.222. The van der Waals surface area contributed by atoms with Crippen LogP contribution in [0.25, 0.3) is 0 Å². The molecule has 0 aliphatic rings. The molecule has 0 spiro atoms. The van der Waals surface area contributed by atoms with Gasteiger partial charge in [0.1, 0.15) is 18.1 Å². The summed E-state index contributed by atoms with van der Waals surface area (Å²) < 4.78 is 11.3. The Kier molecular flexibility index (Phi) is 5.25. The number of aryl methyl sites for hydroxylation is 1. The summed E-state index contributed by atoms with van der Waals surface area (Å²) in [6, 6.07) is 13.7. The molecule has 21 heavy (non-hydrogen) atoms. The van der Waals surface area contributed by atoms with E-state index in [1.807, 2.05) is 43.3 Å². The van der Waals surface area contributed by atoms with E-state index in [1.54, 1.807) is 7.11 Å². The Hall–Kier alpha value is -2.44. The highest BCUT2D eigenvalue weighted by atomic mass is 16.5. The van der Waals surface area contributed by atoms with Crippen molar-refractivity contribution in [2.45, 2.75) is 13.5 Å². The zero-order valence-corrected chi connectivity index (χ0v) is 12.3. The Bertz CT molecular complexity index is 668. The Balaban J connectivity index is 2.19. The molecule has 2 rings (SSSR count). The van der Waals surface area contributed by atoms with Crippen molar-refractivity contribution in [3.63, 3.8) is 0 Å². The van der Waals surface area contributed by atoms with Gasteiger partial charge in [0.2, 0.25) is 0 Å². The minimum atomic E-state index is 0.333. The molecule has 0 radical (unpaired) electrons. The third-order valence-corrected chi connectivity index (χ3v) is 3.03. The first-order valence-corrected chi connectivity index (χ1v) is 6.79. The van der Waals surface area contributed by atoms with Gasteiger partial charge in [-0.1, -0.05) is 35.6 Å². The number of methoxy groups -OCH3 is 1. The van der Waals surface area contributed by atoms with E-state index >= 15 is 0 Å². The Labute approximate surface area is 125 Å². The maximum atomic E-state index is 5.89. The quantitative estimate of drug-likeness (QED) is 0.876. The molecule has 0 aromatic heterocycles. The molecule has 0 unspecified atom stereocenters. The van der Waals surface area contributed by atoms with Crippen molar-refractivity contribution < 1.29 is 9.47 Å². The number of nitrogens with two attached hydrogens (primary N) is 1.